The Hall–Kier alpha value is -1.55. The van der Waals surface area contributed by atoms with Crippen molar-refractivity contribution in [2.45, 2.75) is 25.9 Å². The van der Waals surface area contributed by atoms with Crippen molar-refractivity contribution in [3.8, 4) is 0 Å². The third-order valence-electron chi connectivity index (χ3n) is 3.44. The number of benzene rings is 1. The lowest BCUT2D eigenvalue weighted by molar-refractivity contribution is 0.0269. The van der Waals surface area contributed by atoms with E-state index in [-0.39, 0.29) is 12.0 Å². The van der Waals surface area contributed by atoms with Crippen LogP contribution in [0.5, 0.6) is 0 Å². The fraction of sp³-hybridized carbons (Fsp3) is 0.500. The summed E-state index contributed by atoms with van der Waals surface area (Å²) < 4.78 is 5.34. The first-order valence-corrected chi connectivity index (χ1v) is 6.30. The van der Waals surface area contributed by atoms with E-state index in [4.69, 9.17) is 10.5 Å². The van der Waals surface area contributed by atoms with E-state index in [0.29, 0.717) is 17.8 Å². The minimum atomic E-state index is 0.0120. The predicted octanol–water partition coefficient (Wildman–Crippen LogP) is 1.83. The summed E-state index contributed by atoms with van der Waals surface area (Å²) in [6, 6.07) is 5.56. The third kappa shape index (κ3) is 2.64. The highest BCUT2D eigenvalue weighted by Crippen LogP contribution is 2.20. The Morgan fingerprint density at radius 1 is 1.50 bits per heavy atom. The van der Waals surface area contributed by atoms with Gasteiger partial charge in [-0.2, -0.15) is 0 Å². The summed E-state index contributed by atoms with van der Waals surface area (Å²) >= 11 is 0. The molecule has 1 aromatic carbocycles. The number of methoxy groups -OCH3 is 1. The first kappa shape index (κ1) is 12.9. The average Bonchev–Trinajstić information content (AvgIpc) is 2.41. The van der Waals surface area contributed by atoms with Gasteiger partial charge in [0, 0.05) is 25.9 Å². The smallest absolute Gasteiger partial charge is 0.256 e. The number of rotatable bonds is 2. The van der Waals surface area contributed by atoms with Crippen LogP contribution >= 0.6 is 0 Å². The fourth-order valence-electron chi connectivity index (χ4n) is 2.34. The zero-order valence-electron chi connectivity index (χ0n) is 11.0. The van der Waals surface area contributed by atoms with Gasteiger partial charge in [0.05, 0.1) is 11.7 Å². The van der Waals surface area contributed by atoms with Crippen LogP contribution in [-0.4, -0.2) is 37.1 Å². The molecule has 0 aromatic heterocycles. The van der Waals surface area contributed by atoms with Crippen molar-refractivity contribution in [3.63, 3.8) is 0 Å². The number of nitrogen functional groups attached to an aromatic ring is 1. The van der Waals surface area contributed by atoms with Crippen molar-refractivity contribution < 1.29 is 9.53 Å². The Kier molecular flexibility index (Phi) is 3.87. The second kappa shape index (κ2) is 5.40. The number of aryl methyl sites for hydroxylation is 1. The number of anilines is 1. The second-order valence-electron chi connectivity index (χ2n) is 4.84. The standard InChI is InChI=1S/C14H20N2O2/c1-10-5-6-13(15)12(8-10)14(17)16-7-3-4-11(9-16)18-2/h5-6,8,11H,3-4,7,9,15H2,1-2H3. The monoisotopic (exact) mass is 248 g/mol. The molecule has 0 aliphatic carbocycles. The van der Waals surface area contributed by atoms with E-state index >= 15 is 0 Å². The van der Waals surface area contributed by atoms with E-state index in [9.17, 15) is 4.79 Å². The quantitative estimate of drug-likeness (QED) is 0.812. The Labute approximate surface area is 108 Å². The maximum atomic E-state index is 12.4. The number of amides is 1. The highest BCUT2D eigenvalue weighted by molar-refractivity contribution is 5.99. The lowest BCUT2D eigenvalue weighted by atomic mass is 10.0. The van der Waals surface area contributed by atoms with Crippen molar-refractivity contribution >= 4 is 11.6 Å². The van der Waals surface area contributed by atoms with E-state index < -0.39 is 0 Å². The molecule has 0 saturated carbocycles. The Morgan fingerprint density at radius 3 is 3.00 bits per heavy atom. The predicted molar refractivity (Wildman–Crippen MR) is 71.5 cm³/mol. The maximum Gasteiger partial charge on any atom is 0.256 e. The zero-order valence-corrected chi connectivity index (χ0v) is 11.0. The molecule has 1 aliphatic heterocycles. The van der Waals surface area contributed by atoms with E-state index in [1.807, 2.05) is 24.0 Å². The molecule has 1 saturated heterocycles. The van der Waals surface area contributed by atoms with Crippen LogP contribution in [0, 0.1) is 6.92 Å². The van der Waals surface area contributed by atoms with E-state index in [1.165, 1.54) is 0 Å². The maximum absolute atomic E-state index is 12.4. The number of hydrogen-bond acceptors (Lipinski definition) is 3. The molecule has 1 aliphatic rings. The Bertz CT molecular complexity index is 445. The van der Waals surface area contributed by atoms with E-state index in [0.717, 1.165) is 24.9 Å². The average molecular weight is 248 g/mol. The molecule has 0 spiro atoms. The van der Waals surface area contributed by atoms with Crippen LogP contribution in [0.2, 0.25) is 0 Å². The largest absolute Gasteiger partial charge is 0.398 e. The first-order valence-electron chi connectivity index (χ1n) is 6.30. The molecule has 4 heteroatoms. The molecule has 1 amide bonds. The van der Waals surface area contributed by atoms with Crippen molar-refractivity contribution in [2.24, 2.45) is 0 Å². The molecule has 0 radical (unpaired) electrons. The SMILES string of the molecule is COC1CCCN(C(=O)c2cc(C)ccc2N)C1. The highest BCUT2D eigenvalue weighted by atomic mass is 16.5. The number of nitrogens with two attached hydrogens (primary N) is 1. The van der Waals surface area contributed by atoms with Gasteiger partial charge in [0.2, 0.25) is 0 Å². The Morgan fingerprint density at radius 2 is 2.28 bits per heavy atom. The van der Waals surface area contributed by atoms with Crippen LogP contribution < -0.4 is 5.73 Å². The van der Waals surface area contributed by atoms with Gasteiger partial charge in [-0.05, 0) is 31.9 Å². The molecular weight excluding hydrogens is 228 g/mol. The molecular formula is C14H20N2O2. The minimum Gasteiger partial charge on any atom is -0.398 e. The van der Waals surface area contributed by atoms with Crippen molar-refractivity contribution in [3.05, 3.63) is 29.3 Å². The van der Waals surface area contributed by atoms with Gasteiger partial charge in [-0.1, -0.05) is 11.6 Å². The summed E-state index contributed by atoms with van der Waals surface area (Å²) in [6.07, 6.45) is 2.15. The first-order chi connectivity index (χ1) is 8.61. The lowest BCUT2D eigenvalue weighted by Gasteiger charge is -2.32. The molecule has 1 heterocycles. The lowest BCUT2D eigenvalue weighted by Crippen LogP contribution is -2.43. The van der Waals surface area contributed by atoms with Gasteiger partial charge >= 0.3 is 0 Å². The highest BCUT2D eigenvalue weighted by Gasteiger charge is 2.25. The van der Waals surface area contributed by atoms with Gasteiger partial charge in [-0.15, -0.1) is 0 Å². The summed E-state index contributed by atoms with van der Waals surface area (Å²) in [6.45, 7) is 3.40. The van der Waals surface area contributed by atoms with Crippen LogP contribution in [-0.2, 0) is 4.74 Å². The van der Waals surface area contributed by atoms with Crippen molar-refractivity contribution in [1.29, 1.82) is 0 Å². The van der Waals surface area contributed by atoms with Crippen LogP contribution in [0.4, 0.5) is 5.69 Å². The normalized spacial score (nSPS) is 19.9. The van der Waals surface area contributed by atoms with Gasteiger partial charge in [0.1, 0.15) is 0 Å². The van der Waals surface area contributed by atoms with E-state index in [1.54, 1.807) is 13.2 Å². The Balaban J connectivity index is 2.17. The topological polar surface area (TPSA) is 55.6 Å². The second-order valence-corrected chi connectivity index (χ2v) is 4.84. The van der Waals surface area contributed by atoms with Crippen molar-refractivity contribution in [2.75, 3.05) is 25.9 Å². The third-order valence-corrected chi connectivity index (χ3v) is 3.44. The summed E-state index contributed by atoms with van der Waals surface area (Å²) in [7, 11) is 1.69. The molecule has 1 aromatic rings. The summed E-state index contributed by atoms with van der Waals surface area (Å²) in [4.78, 5) is 14.3. The van der Waals surface area contributed by atoms with Gasteiger partial charge in [0.25, 0.3) is 5.91 Å². The molecule has 4 nitrogen and oxygen atoms in total. The van der Waals surface area contributed by atoms with Gasteiger partial charge in [-0.3, -0.25) is 4.79 Å². The number of likely N-dealkylation sites (tertiary alicyclic amines) is 1. The summed E-state index contributed by atoms with van der Waals surface area (Å²) in [5, 5.41) is 0. The molecule has 2 rings (SSSR count). The number of hydrogen-bond donors (Lipinski definition) is 1. The summed E-state index contributed by atoms with van der Waals surface area (Å²) in [5.74, 6) is 0.0120. The molecule has 18 heavy (non-hydrogen) atoms. The molecule has 1 unspecified atom stereocenters. The molecule has 1 fully saturated rings. The number of ether oxygens (including phenoxy) is 1. The minimum absolute atomic E-state index is 0.0120. The molecule has 2 N–H and O–H groups in total. The summed E-state index contributed by atoms with van der Waals surface area (Å²) in [5.41, 5.74) is 8.08. The molecule has 0 bridgehead atoms. The van der Waals surface area contributed by atoms with Gasteiger partial charge < -0.3 is 15.4 Å². The number of carbonyl (C=O) groups excluding carboxylic acids is 1. The number of nitrogens with zero attached hydrogens (tertiary/aromatic N) is 1. The van der Waals surface area contributed by atoms with Crippen molar-refractivity contribution in [1.82, 2.24) is 4.90 Å². The van der Waals surface area contributed by atoms with Crippen LogP contribution in [0.3, 0.4) is 0 Å². The van der Waals surface area contributed by atoms with E-state index in [2.05, 4.69) is 0 Å². The zero-order chi connectivity index (χ0) is 13.1. The molecule has 1 atom stereocenters. The van der Waals surface area contributed by atoms with Crippen LogP contribution in [0.15, 0.2) is 18.2 Å². The fourth-order valence-corrected chi connectivity index (χ4v) is 2.34. The van der Waals surface area contributed by atoms with Crippen LogP contribution in [0.1, 0.15) is 28.8 Å². The molecule has 98 valence electrons. The number of piperidine rings is 1. The van der Waals surface area contributed by atoms with Crippen LogP contribution in [0.25, 0.3) is 0 Å². The van der Waals surface area contributed by atoms with Gasteiger partial charge in [0.15, 0.2) is 0 Å². The van der Waals surface area contributed by atoms with Gasteiger partial charge in [-0.25, -0.2) is 0 Å². The number of carbonyl (C=O) groups is 1.